The first-order chi connectivity index (χ1) is 10.1. The maximum Gasteiger partial charge on any atom is 0.338 e. The van der Waals surface area contributed by atoms with Crippen molar-refractivity contribution in [2.24, 2.45) is 0 Å². The first-order valence-electron chi connectivity index (χ1n) is 7.40. The number of halogens is 1. The Morgan fingerprint density at radius 3 is 1.86 bits per heavy atom. The zero-order valence-corrected chi connectivity index (χ0v) is 14.5. The molecule has 1 aromatic rings. The van der Waals surface area contributed by atoms with E-state index in [1.54, 1.807) is 12.1 Å². The molecule has 0 saturated carbocycles. The molecule has 1 rings (SSSR count). The second-order valence-electron chi connectivity index (χ2n) is 4.62. The molecule has 0 fully saturated rings. The van der Waals surface area contributed by atoms with Gasteiger partial charge in [0.1, 0.15) is 16.0 Å². The minimum atomic E-state index is -0.355. The summed E-state index contributed by atoms with van der Waals surface area (Å²) in [5, 5.41) is 0. The van der Waals surface area contributed by atoms with Gasteiger partial charge in [-0.05, 0) is 47.3 Å². The lowest BCUT2D eigenvalue weighted by Gasteiger charge is -2.14. The van der Waals surface area contributed by atoms with Crippen LogP contribution in [-0.2, 0) is 4.74 Å². The third kappa shape index (κ3) is 5.58. The van der Waals surface area contributed by atoms with Crippen LogP contribution in [0.15, 0.2) is 16.6 Å². The Hall–Kier alpha value is -1.23. The van der Waals surface area contributed by atoms with Crippen molar-refractivity contribution in [2.75, 3.05) is 19.8 Å². The van der Waals surface area contributed by atoms with E-state index in [1.165, 1.54) is 0 Å². The molecule has 0 heterocycles. The van der Waals surface area contributed by atoms with Gasteiger partial charge in [-0.1, -0.05) is 20.8 Å². The number of benzene rings is 1. The van der Waals surface area contributed by atoms with Gasteiger partial charge < -0.3 is 14.2 Å². The van der Waals surface area contributed by atoms with Gasteiger partial charge in [-0.15, -0.1) is 0 Å². The lowest BCUT2D eigenvalue weighted by molar-refractivity contribution is 0.0504. The van der Waals surface area contributed by atoms with Crippen molar-refractivity contribution in [3.05, 3.63) is 22.2 Å². The fraction of sp³-hybridized carbons (Fsp3) is 0.562. The van der Waals surface area contributed by atoms with E-state index in [-0.39, 0.29) is 5.97 Å². The van der Waals surface area contributed by atoms with Crippen molar-refractivity contribution in [1.29, 1.82) is 0 Å². The topological polar surface area (TPSA) is 44.8 Å². The van der Waals surface area contributed by atoms with E-state index in [0.717, 1.165) is 23.7 Å². The minimum absolute atomic E-state index is 0.355. The molecular weight excluding hydrogens is 336 g/mol. The number of rotatable bonds is 9. The van der Waals surface area contributed by atoms with E-state index < -0.39 is 0 Å². The number of carbonyl (C=O) groups excluding carboxylic acids is 1. The van der Waals surface area contributed by atoms with Crippen molar-refractivity contribution < 1.29 is 19.0 Å². The van der Waals surface area contributed by atoms with Gasteiger partial charge in [0.15, 0.2) is 0 Å². The second kappa shape index (κ2) is 9.66. The first kappa shape index (κ1) is 17.8. The lowest BCUT2D eigenvalue weighted by atomic mass is 10.2. The molecule has 1 aromatic carbocycles. The van der Waals surface area contributed by atoms with E-state index in [1.807, 2.05) is 20.8 Å². The van der Waals surface area contributed by atoms with E-state index in [9.17, 15) is 4.79 Å². The van der Waals surface area contributed by atoms with Crippen LogP contribution in [0, 0.1) is 0 Å². The number of hydrogen-bond acceptors (Lipinski definition) is 4. The van der Waals surface area contributed by atoms with Crippen LogP contribution >= 0.6 is 15.9 Å². The van der Waals surface area contributed by atoms with E-state index in [0.29, 0.717) is 36.9 Å². The molecule has 0 aromatic heterocycles. The Morgan fingerprint density at radius 2 is 1.43 bits per heavy atom. The molecule has 0 aliphatic rings. The average molecular weight is 359 g/mol. The van der Waals surface area contributed by atoms with Crippen LogP contribution in [0.25, 0.3) is 0 Å². The third-order valence-electron chi connectivity index (χ3n) is 2.60. The highest BCUT2D eigenvalue weighted by molar-refractivity contribution is 9.10. The Bertz CT molecular complexity index is 431. The molecule has 0 bridgehead atoms. The van der Waals surface area contributed by atoms with Gasteiger partial charge in [0.05, 0.1) is 25.4 Å². The van der Waals surface area contributed by atoms with Gasteiger partial charge >= 0.3 is 5.97 Å². The molecule has 0 unspecified atom stereocenters. The summed E-state index contributed by atoms with van der Waals surface area (Å²) in [6, 6.07) is 3.38. The molecule has 118 valence electrons. The van der Waals surface area contributed by atoms with Crippen LogP contribution in [0.2, 0.25) is 0 Å². The molecule has 0 radical (unpaired) electrons. The fourth-order valence-electron chi connectivity index (χ4n) is 1.60. The lowest BCUT2D eigenvalue weighted by Crippen LogP contribution is -2.08. The molecule has 0 amide bonds. The van der Waals surface area contributed by atoms with Crippen molar-refractivity contribution in [1.82, 2.24) is 0 Å². The van der Waals surface area contributed by atoms with Gasteiger partial charge in [-0.25, -0.2) is 4.79 Å². The van der Waals surface area contributed by atoms with Gasteiger partial charge in [0.25, 0.3) is 0 Å². The standard InChI is InChI=1S/C16H23BrO4/c1-4-7-19-13-10-12(16(18)21-9-6-3)11-14(15(13)17)20-8-5-2/h10-11H,4-9H2,1-3H3. The maximum atomic E-state index is 12.0. The fourth-order valence-corrected chi connectivity index (χ4v) is 2.06. The van der Waals surface area contributed by atoms with E-state index in [2.05, 4.69) is 15.9 Å². The predicted octanol–water partition coefficient (Wildman–Crippen LogP) is 4.59. The summed E-state index contributed by atoms with van der Waals surface area (Å²) in [4.78, 5) is 12.0. The highest BCUT2D eigenvalue weighted by Crippen LogP contribution is 2.36. The van der Waals surface area contributed by atoms with Crippen molar-refractivity contribution in [2.45, 2.75) is 40.0 Å². The number of esters is 1. The average Bonchev–Trinajstić information content (AvgIpc) is 2.50. The predicted molar refractivity (Wildman–Crippen MR) is 86.3 cm³/mol. The van der Waals surface area contributed by atoms with Gasteiger partial charge in [0, 0.05) is 0 Å². The molecule has 0 spiro atoms. The zero-order valence-electron chi connectivity index (χ0n) is 12.9. The molecule has 5 heteroatoms. The van der Waals surface area contributed by atoms with Crippen LogP contribution in [0.3, 0.4) is 0 Å². The van der Waals surface area contributed by atoms with Crippen molar-refractivity contribution >= 4 is 21.9 Å². The Kier molecular flexibility index (Phi) is 8.20. The number of hydrogen-bond donors (Lipinski definition) is 0. The van der Waals surface area contributed by atoms with Crippen molar-refractivity contribution in [3.8, 4) is 11.5 Å². The normalized spacial score (nSPS) is 10.3. The quantitative estimate of drug-likeness (QED) is 0.605. The third-order valence-corrected chi connectivity index (χ3v) is 3.38. The van der Waals surface area contributed by atoms with Crippen LogP contribution < -0.4 is 9.47 Å². The molecule has 0 N–H and O–H groups in total. The van der Waals surface area contributed by atoms with Crippen LogP contribution in [-0.4, -0.2) is 25.8 Å². The van der Waals surface area contributed by atoms with Crippen LogP contribution in [0.4, 0.5) is 0 Å². The Labute approximate surface area is 134 Å². The summed E-state index contributed by atoms with van der Waals surface area (Å²) in [5.41, 5.74) is 0.448. The smallest absolute Gasteiger partial charge is 0.338 e. The highest BCUT2D eigenvalue weighted by Gasteiger charge is 2.16. The SMILES string of the molecule is CCCOC(=O)c1cc(OCCC)c(Br)c(OCCC)c1. The summed E-state index contributed by atoms with van der Waals surface area (Å²) < 4.78 is 17.2. The van der Waals surface area contributed by atoms with Crippen molar-refractivity contribution in [3.63, 3.8) is 0 Å². The van der Waals surface area contributed by atoms with Crippen LogP contribution in [0.5, 0.6) is 11.5 Å². The molecule has 0 saturated heterocycles. The summed E-state index contributed by atoms with van der Waals surface area (Å²) in [6.07, 6.45) is 2.57. The molecule has 0 aliphatic carbocycles. The highest BCUT2D eigenvalue weighted by atomic mass is 79.9. The maximum absolute atomic E-state index is 12.0. The molecular formula is C16H23BrO4. The van der Waals surface area contributed by atoms with Gasteiger partial charge in [-0.3, -0.25) is 0 Å². The van der Waals surface area contributed by atoms with E-state index >= 15 is 0 Å². The Balaban J connectivity index is 3.03. The largest absolute Gasteiger partial charge is 0.492 e. The number of carbonyl (C=O) groups is 1. The summed E-state index contributed by atoms with van der Waals surface area (Å²) in [5.74, 6) is 0.856. The van der Waals surface area contributed by atoms with Gasteiger partial charge in [-0.2, -0.15) is 0 Å². The van der Waals surface area contributed by atoms with E-state index in [4.69, 9.17) is 14.2 Å². The zero-order chi connectivity index (χ0) is 15.7. The minimum Gasteiger partial charge on any atom is -0.492 e. The molecule has 21 heavy (non-hydrogen) atoms. The first-order valence-corrected chi connectivity index (χ1v) is 8.19. The van der Waals surface area contributed by atoms with Gasteiger partial charge in [0.2, 0.25) is 0 Å². The molecule has 4 nitrogen and oxygen atoms in total. The molecule has 0 aliphatic heterocycles. The molecule has 0 atom stereocenters. The summed E-state index contributed by atoms with van der Waals surface area (Å²) in [6.45, 7) is 7.59. The van der Waals surface area contributed by atoms with Crippen LogP contribution in [0.1, 0.15) is 50.4 Å². The summed E-state index contributed by atoms with van der Waals surface area (Å²) in [7, 11) is 0. The summed E-state index contributed by atoms with van der Waals surface area (Å²) >= 11 is 3.48. The number of ether oxygens (including phenoxy) is 3. The Morgan fingerprint density at radius 1 is 0.952 bits per heavy atom. The second-order valence-corrected chi connectivity index (χ2v) is 5.41. The monoisotopic (exact) mass is 358 g/mol.